The molecule has 2 atom stereocenters. The van der Waals surface area contributed by atoms with Crippen LogP contribution in [0, 0.1) is 23.6 Å². The Morgan fingerprint density at radius 1 is 1.21 bits per heavy atom. The third kappa shape index (κ3) is 2.32. The molecule has 2 unspecified atom stereocenters. The highest BCUT2D eigenvalue weighted by Crippen LogP contribution is 2.54. The summed E-state index contributed by atoms with van der Waals surface area (Å²) in [6.07, 6.45) is 3.15. The molecule has 3 N–H and O–H groups in total. The van der Waals surface area contributed by atoms with Gasteiger partial charge < -0.3 is 11.1 Å². The number of benzene rings is 1. The lowest BCUT2D eigenvalue weighted by molar-refractivity contribution is -0.120. The Labute approximate surface area is 110 Å². The first-order chi connectivity index (χ1) is 9.04. The number of nitrogens with two attached hydrogens (primary N) is 1. The van der Waals surface area contributed by atoms with Gasteiger partial charge in [0.15, 0.2) is 0 Å². The van der Waals surface area contributed by atoms with Gasteiger partial charge in [-0.05, 0) is 49.3 Å². The summed E-state index contributed by atoms with van der Waals surface area (Å²) in [6.45, 7) is 0. The number of carbonyl (C=O) groups is 2. The Morgan fingerprint density at radius 2 is 1.89 bits per heavy atom. The minimum atomic E-state index is -0.837. The van der Waals surface area contributed by atoms with Crippen LogP contribution in [-0.4, -0.2) is 11.8 Å². The zero-order valence-electron chi connectivity index (χ0n) is 10.4. The van der Waals surface area contributed by atoms with Crippen LogP contribution >= 0.6 is 0 Å². The molecule has 3 rings (SSSR count). The number of hydrogen-bond acceptors (Lipinski definition) is 2. The predicted octanol–water partition coefficient (Wildman–Crippen LogP) is 1.91. The average molecular weight is 262 g/mol. The molecule has 2 aliphatic carbocycles. The van der Waals surface area contributed by atoms with Crippen molar-refractivity contribution in [3.63, 3.8) is 0 Å². The predicted molar refractivity (Wildman–Crippen MR) is 67.9 cm³/mol. The molecule has 100 valence electrons. The largest absolute Gasteiger partial charge is 0.366 e. The van der Waals surface area contributed by atoms with Crippen molar-refractivity contribution in [3.05, 3.63) is 29.6 Å². The summed E-state index contributed by atoms with van der Waals surface area (Å²) in [5, 5.41) is 2.73. The van der Waals surface area contributed by atoms with Crippen molar-refractivity contribution in [2.45, 2.75) is 19.3 Å². The van der Waals surface area contributed by atoms with Gasteiger partial charge >= 0.3 is 0 Å². The summed E-state index contributed by atoms with van der Waals surface area (Å²) in [5.74, 6) is -0.0568. The first kappa shape index (κ1) is 12.1. The molecule has 4 nitrogen and oxygen atoms in total. The van der Waals surface area contributed by atoms with Gasteiger partial charge in [0.25, 0.3) is 5.91 Å². The number of anilines is 1. The standard InChI is InChI=1S/C14H15FN2O2/c15-12-2-1-10(6-11(12)13(16)18)17-14(19)9-4-7-3-8(7)5-9/h1-2,6-9H,3-5H2,(H2,16,18)(H,17,19). The quantitative estimate of drug-likeness (QED) is 0.873. The number of hydrogen-bond donors (Lipinski definition) is 2. The zero-order chi connectivity index (χ0) is 13.6. The van der Waals surface area contributed by atoms with E-state index in [1.54, 1.807) is 0 Å². The number of rotatable bonds is 3. The van der Waals surface area contributed by atoms with Gasteiger partial charge in [0.2, 0.25) is 5.91 Å². The lowest BCUT2D eigenvalue weighted by atomic mass is 10.0. The SMILES string of the molecule is NC(=O)c1cc(NC(=O)C2CC3CC3C2)ccc1F. The van der Waals surface area contributed by atoms with E-state index >= 15 is 0 Å². The average Bonchev–Trinajstić information content (AvgIpc) is 2.98. The molecule has 2 amide bonds. The van der Waals surface area contributed by atoms with Gasteiger partial charge in [-0.25, -0.2) is 4.39 Å². The molecule has 2 fully saturated rings. The maximum absolute atomic E-state index is 13.3. The Kier molecular flexibility index (Phi) is 2.77. The summed E-state index contributed by atoms with van der Waals surface area (Å²) >= 11 is 0. The molecule has 2 aliphatic rings. The lowest BCUT2D eigenvalue weighted by Gasteiger charge is -2.12. The van der Waals surface area contributed by atoms with Crippen LogP contribution in [0.4, 0.5) is 10.1 Å². The fourth-order valence-electron chi connectivity index (χ4n) is 2.97. The lowest BCUT2D eigenvalue weighted by Crippen LogP contribution is -2.22. The van der Waals surface area contributed by atoms with E-state index in [1.807, 2.05) is 0 Å². The van der Waals surface area contributed by atoms with Crippen LogP contribution in [0.2, 0.25) is 0 Å². The van der Waals surface area contributed by atoms with Gasteiger partial charge in [-0.2, -0.15) is 0 Å². The molecule has 0 heterocycles. The van der Waals surface area contributed by atoms with Gasteiger partial charge in [-0.1, -0.05) is 0 Å². The molecule has 0 bridgehead atoms. The fraction of sp³-hybridized carbons (Fsp3) is 0.429. The first-order valence-electron chi connectivity index (χ1n) is 6.45. The van der Waals surface area contributed by atoms with Crippen molar-refractivity contribution in [1.29, 1.82) is 0 Å². The van der Waals surface area contributed by atoms with Crippen LogP contribution in [0.15, 0.2) is 18.2 Å². The van der Waals surface area contributed by atoms with Crippen LogP contribution < -0.4 is 11.1 Å². The van der Waals surface area contributed by atoms with Crippen LogP contribution in [0.5, 0.6) is 0 Å². The number of carbonyl (C=O) groups excluding carboxylic acids is 2. The molecular weight excluding hydrogens is 247 g/mol. The smallest absolute Gasteiger partial charge is 0.251 e. The second kappa shape index (κ2) is 4.33. The van der Waals surface area contributed by atoms with Gasteiger partial charge in [0.05, 0.1) is 5.56 Å². The third-order valence-electron chi connectivity index (χ3n) is 4.11. The highest BCUT2D eigenvalue weighted by atomic mass is 19.1. The molecular formula is C14H15FN2O2. The third-order valence-corrected chi connectivity index (χ3v) is 4.11. The van der Waals surface area contributed by atoms with Crippen molar-refractivity contribution < 1.29 is 14.0 Å². The molecule has 5 heteroatoms. The topological polar surface area (TPSA) is 72.2 Å². The normalized spacial score (nSPS) is 27.7. The maximum Gasteiger partial charge on any atom is 0.251 e. The van der Waals surface area contributed by atoms with E-state index in [1.165, 1.54) is 18.6 Å². The van der Waals surface area contributed by atoms with Crippen molar-refractivity contribution in [2.24, 2.45) is 23.5 Å². The minimum absolute atomic E-state index is 0.0470. The van der Waals surface area contributed by atoms with Crippen molar-refractivity contribution in [3.8, 4) is 0 Å². The van der Waals surface area contributed by atoms with E-state index in [0.717, 1.165) is 30.7 Å². The summed E-state index contributed by atoms with van der Waals surface area (Å²) in [4.78, 5) is 23.1. The molecule has 0 radical (unpaired) electrons. The highest BCUT2D eigenvalue weighted by molar-refractivity contribution is 5.97. The molecule has 1 aromatic carbocycles. The molecule has 0 aliphatic heterocycles. The zero-order valence-corrected chi connectivity index (χ0v) is 10.4. The highest BCUT2D eigenvalue weighted by Gasteiger charge is 2.47. The van der Waals surface area contributed by atoms with E-state index in [4.69, 9.17) is 5.73 Å². The fourth-order valence-corrected chi connectivity index (χ4v) is 2.97. The molecule has 0 aromatic heterocycles. The first-order valence-corrected chi connectivity index (χ1v) is 6.45. The summed E-state index contributed by atoms with van der Waals surface area (Å²) in [5.41, 5.74) is 5.28. The van der Waals surface area contributed by atoms with Gasteiger partial charge in [-0.3, -0.25) is 9.59 Å². The van der Waals surface area contributed by atoms with Crippen molar-refractivity contribution >= 4 is 17.5 Å². The Balaban J connectivity index is 1.70. The number of nitrogens with one attached hydrogen (secondary N) is 1. The summed E-state index contributed by atoms with van der Waals surface area (Å²) in [7, 11) is 0. The molecule has 2 saturated carbocycles. The summed E-state index contributed by atoms with van der Waals surface area (Å²) < 4.78 is 13.3. The number of primary amides is 1. The Hall–Kier alpha value is -1.91. The second-order valence-electron chi connectivity index (χ2n) is 5.47. The number of fused-ring (bicyclic) bond motifs is 1. The van der Waals surface area contributed by atoms with E-state index < -0.39 is 11.7 Å². The van der Waals surface area contributed by atoms with Crippen molar-refractivity contribution in [2.75, 3.05) is 5.32 Å². The number of halogens is 1. The van der Waals surface area contributed by atoms with Crippen LogP contribution in [0.1, 0.15) is 29.6 Å². The number of amides is 2. The molecule has 0 spiro atoms. The van der Waals surface area contributed by atoms with Gasteiger partial charge in [0.1, 0.15) is 5.82 Å². The van der Waals surface area contributed by atoms with E-state index in [-0.39, 0.29) is 17.4 Å². The van der Waals surface area contributed by atoms with E-state index in [9.17, 15) is 14.0 Å². The molecule has 0 saturated heterocycles. The monoisotopic (exact) mass is 262 g/mol. The minimum Gasteiger partial charge on any atom is -0.366 e. The van der Waals surface area contributed by atoms with Crippen LogP contribution in [-0.2, 0) is 4.79 Å². The van der Waals surface area contributed by atoms with E-state index in [2.05, 4.69) is 5.32 Å². The van der Waals surface area contributed by atoms with E-state index in [0.29, 0.717) is 5.69 Å². The van der Waals surface area contributed by atoms with Crippen LogP contribution in [0.25, 0.3) is 0 Å². The van der Waals surface area contributed by atoms with Crippen molar-refractivity contribution in [1.82, 2.24) is 0 Å². The second-order valence-corrected chi connectivity index (χ2v) is 5.47. The summed E-state index contributed by atoms with van der Waals surface area (Å²) in [6, 6.07) is 3.86. The molecule has 1 aromatic rings. The Bertz CT molecular complexity index is 548. The van der Waals surface area contributed by atoms with Gasteiger partial charge in [-0.15, -0.1) is 0 Å². The Morgan fingerprint density at radius 3 is 2.53 bits per heavy atom. The maximum atomic E-state index is 13.3. The van der Waals surface area contributed by atoms with Crippen LogP contribution in [0.3, 0.4) is 0 Å². The van der Waals surface area contributed by atoms with Gasteiger partial charge in [0, 0.05) is 11.6 Å². The molecule has 19 heavy (non-hydrogen) atoms.